The van der Waals surface area contributed by atoms with Crippen LogP contribution in [0.25, 0.3) is 0 Å². The van der Waals surface area contributed by atoms with Gasteiger partial charge in [-0.2, -0.15) is 0 Å². The summed E-state index contributed by atoms with van der Waals surface area (Å²) in [5.41, 5.74) is 2.50. The van der Waals surface area contributed by atoms with Crippen LogP contribution in [0.2, 0.25) is 5.02 Å². The first-order valence-electron chi connectivity index (χ1n) is 15.8. The third-order valence-electron chi connectivity index (χ3n) is 10.0. The van der Waals surface area contributed by atoms with Gasteiger partial charge in [0.2, 0.25) is 5.91 Å². The minimum absolute atomic E-state index is 0.00934. The molecule has 42 heavy (non-hydrogen) atoms. The van der Waals surface area contributed by atoms with Crippen LogP contribution in [0.4, 0.5) is 0 Å². The van der Waals surface area contributed by atoms with Gasteiger partial charge in [-0.1, -0.05) is 49.1 Å². The van der Waals surface area contributed by atoms with E-state index >= 15 is 0 Å². The van der Waals surface area contributed by atoms with Crippen molar-refractivity contribution in [3.8, 4) is 11.5 Å². The highest BCUT2D eigenvalue weighted by Crippen LogP contribution is 2.37. The smallest absolute Gasteiger partial charge is 0.227 e. The number of piperazine rings is 1. The Hall–Kier alpha value is -2.32. The minimum atomic E-state index is -0.00934. The van der Waals surface area contributed by atoms with Crippen molar-refractivity contribution in [2.75, 3.05) is 60.0 Å². The molecule has 1 aliphatic carbocycles. The van der Waals surface area contributed by atoms with Gasteiger partial charge in [-0.05, 0) is 50.5 Å². The first kappa shape index (κ1) is 31.1. The molecule has 5 rings (SSSR count). The standard InChI is InChI=1S/C34H49ClN4O3/c1-25(2)38-22-30(26-8-11-28(35)12-9-26)31(23-38)33(40)37-16-18-39(19-17-37)34(14-6-5-7-15-34)24-36-21-27-10-13-29(41-3)20-32(27)42-4/h8-13,20,25,30-31,36H,5-7,14-19,21-24H2,1-4H3/t30-,31+/m1/s1. The SMILES string of the molecule is COc1ccc(CNCC2(N3CCN(C(=O)[C@H]4CN(C(C)C)C[C@@H]4c4ccc(Cl)cc4)CC3)CCCCC2)c(OC)c1. The zero-order chi connectivity index (χ0) is 29.7. The van der Waals surface area contributed by atoms with E-state index in [4.69, 9.17) is 21.1 Å². The lowest BCUT2D eigenvalue weighted by Gasteiger charge is -2.50. The molecule has 0 radical (unpaired) electrons. The second-order valence-corrected chi connectivity index (χ2v) is 13.1. The highest BCUT2D eigenvalue weighted by molar-refractivity contribution is 6.30. The number of nitrogens with zero attached hydrogens (tertiary/aromatic N) is 3. The van der Waals surface area contributed by atoms with Gasteiger partial charge in [0.05, 0.1) is 20.1 Å². The fraction of sp³-hybridized carbons (Fsp3) is 0.618. The van der Waals surface area contributed by atoms with Crippen molar-refractivity contribution in [3.05, 3.63) is 58.6 Å². The Morgan fingerprint density at radius 1 is 0.976 bits per heavy atom. The van der Waals surface area contributed by atoms with E-state index in [-0.39, 0.29) is 17.4 Å². The van der Waals surface area contributed by atoms with Crippen LogP contribution in [0.1, 0.15) is 63.0 Å². The molecule has 3 aliphatic rings. The number of halogens is 1. The largest absolute Gasteiger partial charge is 0.497 e. The maximum Gasteiger partial charge on any atom is 0.227 e. The lowest BCUT2D eigenvalue weighted by atomic mass is 9.79. The van der Waals surface area contributed by atoms with E-state index in [0.29, 0.717) is 11.9 Å². The Kier molecular flexibility index (Phi) is 10.4. The van der Waals surface area contributed by atoms with Gasteiger partial charge in [0.25, 0.3) is 0 Å². The molecule has 8 heteroatoms. The molecular formula is C34H49ClN4O3. The van der Waals surface area contributed by atoms with Crippen molar-refractivity contribution >= 4 is 17.5 Å². The number of likely N-dealkylation sites (tertiary alicyclic amines) is 1. The summed E-state index contributed by atoms with van der Waals surface area (Å²) in [5, 5.41) is 4.53. The lowest BCUT2D eigenvalue weighted by Crippen LogP contribution is -2.62. The van der Waals surface area contributed by atoms with Crippen molar-refractivity contribution in [2.24, 2.45) is 5.92 Å². The Labute approximate surface area is 257 Å². The quantitative estimate of drug-likeness (QED) is 0.395. The van der Waals surface area contributed by atoms with E-state index in [0.717, 1.165) is 74.4 Å². The summed E-state index contributed by atoms with van der Waals surface area (Å²) in [5.74, 6) is 2.18. The van der Waals surface area contributed by atoms with Crippen molar-refractivity contribution in [1.82, 2.24) is 20.0 Å². The summed E-state index contributed by atoms with van der Waals surface area (Å²) in [6, 6.07) is 14.6. The predicted molar refractivity (Wildman–Crippen MR) is 170 cm³/mol. The average Bonchev–Trinajstić information content (AvgIpc) is 3.48. The molecule has 2 heterocycles. The summed E-state index contributed by atoms with van der Waals surface area (Å²) in [7, 11) is 3.39. The number of amides is 1. The Morgan fingerprint density at radius 2 is 1.69 bits per heavy atom. The average molecular weight is 597 g/mol. The summed E-state index contributed by atoms with van der Waals surface area (Å²) in [4.78, 5) is 21.3. The number of hydrogen-bond donors (Lipinski definition) is 1. The molecule has 230 valence electrons. The van der Waals surface area contributed by atoms with Crippen LogP contribution >= 0.6 is 11.6 Å². The van der Waals surface area contributed by atoms with Crippen LogP contribution in [0.5, 0.6) is 11.5 Å². The maximum atomic E-state index is 14.0. The molecule has 0 aromatic heterocycles. The van der Waals surface area contributed by atoms with Crippen molar-refractivity contribution in [2.45, 2.75) is 70.0 Å². The van der Waals surface area contributed by atoms with Gasteiger partial charge in [0.15, 0.2) is 0 Å². The molecular weight excluding hydrogens is 548 g/mol. The first-order chi connectivity index (χ1) is 20.3. The number of hydrogen-bond acceptors (Lipinski definition) is 6. The van der Waals surface area contributed by atoms with Crippen LogP contribution in [0, 0.1) is 5.92 Å². The highest BCUT2D eigenvalue weighted by atomic mass is 35.5. The third kappa shape index (κ3) is 6.91. The van der Waals surface area contributed by atoms with Gasteiger partial charge < -0.3 is 19.7 Å². The van der Waals surface area contributed by atoms with E-state index in [1.807, 2.05) is 24.3 Å². The molecule has 2 atom stereocenters. The van der Waals surface area contributed by atoms with Crippen LogP contribution in [-0.4, -0.2) is 92.2 Å². The number of carbonyl (C=O) groups excluding carboxylic acids is 1. The van der Waals surface area contributed by atoms with Crippen molar-refractivity contribution < 1.29 is 14.3 Å². The number of benzene rings is 2. The molecule has 2 aliphatic heterocycles. The van der Waals surface area contributed by atoms with E-state index in [1.165, 1.54) is 37.7 Å². The van der Waals surface area contributed by atoms with Gasteiger partial charge in [-0.25, -0.2) is 0 Å². The number of rotatable bonds is 10. The van der Waals surface area contributed by atoms with Gasteiger partial charge in [-0.3, -0.25) is 14.6 Å². The van der Waals surface area contributed by atoms with E-state index < -0.39 is 0 Å². The minimum Gasteiger partial charge on any atom is -0.497 e. The van der Waals surface area contributed by atoms with Crippen molar-refractivity contribution in [3.63, 3.8) is 0 Å². The van der Waals surface area contributed by atoms with Gasteiger partial charge in [-0.15, -0.1) is 0 Å². The number of carbonyl (C=O) groups is 1. The van der Waals surface area contributed by atoms with E-state index in [9.17, 15) is 4.79 Å². The normalized spacial score (nSPS) is 23.3. The zero-order valence-electron chi connectivity index (χ0n) is 25.9. The van der Waals surface area contributed by atoms with Crippen LogP contribution in [0.15, 0.2) is 42.5 Å². The molecule has 0 spiro atoms. The first-order valence-corrected chi connectivity index (χ1v) is 16.2. The van der Waals surface area contributed by atoms with Gasteiger partial charge in [0.1, 0.15) is 11.5 Å². The van der Waals surface area contributed by atoms with Crippen LogP contribution in [0.3, 0.4) is 0 Å². The molecule has 2 aromatic rings. The molecule has 2 saturated heterocycles. The number of nitrogens with one attached hydrogen (secondary N) is 1. The second kappa shape index (κ2) is 14.0. The fourth-order valence-electron chi connectivity index (χ4n) is 7.43. The summed E-state index contributed by atoms with van der Waals surface area (Å²) in [6.45, 7) is 11.4. The lowest BCUT2D eigenvalue weighted by molar-refractivity contribution is -0.138. The molecule has 3 fully saturated rings. The molecule has 1 saturated carbocycles. The van der Waals surface area contributed by atoms with Gasteiger partial charge >= 0.3 is 0 Å². The molecule has 1 amide bonds. The highest BCUT2D eigenvalue weighted by Gasteiger charge is 2.44. The topological polar surface area (TPSA) is 57.3 Å². The van der Waals surface area contributed by atoms with E-state index in [1.54, 1.807) is 14.2 Å². The van der Waals surface area contributed by atoms with Crippen LogP contribution < -0.4 is 14.8 Å². The fourth-order valence-corrected chi connectivity index (χ4v) is 7.56. The zero-order valence-corrected chi connectivity index (χ0v) is 26.7. The third-order valence-corrected chi connectivity index (χ3v) is 10.3. The summed E-state index contributed by atoms with van der Waals surface area (Å²) >= 11 is 6.19. The Balaban J connectivity index is 1.22. The molecule has 7 nitrogen and oxygen atoms in total. The Morgan fingerprint density at radius 3 is 2.33 bits per heavy atom. The molecule has 0 unspecified atom stereocenters. The van der Waals surface area contributed by atoms with Crippen LogP contribution in [-0.2, 0) is 11.3 Å². The maximum absolute atomic E-state index is 14.0. The predicted octanol–water partition coefficient (Wildman–Crippen LogP) is 5.42. The van der Waals surface area contributed by atoms with E-state index in [2.05, 4.69) is 52.1 Å². The van der Waals surface area contributed by atoms with Crippen molar-refractivity contribution in [1.29, 1.82) is 0 Å². The number of ether oxygens (including phenoxy) is 2. The number of methoxy groups -OCH3 is 2. The molecule has 0 bridgehead atoms. The molecule has 1 N–H and O–H groups in total. The molecule has 2 aromatic carbocycles. The summed E-state index contributed by atoms with van der Waals surface area (Å²) in [6.07, 6.45) is 6.26. The second-order valence-electron chi connectivity index (χ2n) is 12.7. The summed E-state index contributed by atoms with van der Waals surface area (Å²) < 4.78 is 11.0. The Bertz CT molecular complexity index is 1180. The van der Waals surface area contributed by atoms with Gasteiger partial charge in [0, 0.05) is 86.5 Å². The monoisotopic (exact) mass is 596 g/mol.